The zero-order chi connectivity index (χ0) is 15.1. The van der Waals surface area contributed by atoms with Gasteiger partial charge in [-0.1, -0.05) is 43.0 Å². The molecule has 0 radical (unpaired) electrons. The number of benzene rings is 1. The summed E-state index contributed by atoms with van der Waals surface area (Å²) in [7, 11) is 0. The van der Waals surface area contributed by atoms with E-state index in [0.29, 0.717) is 11.6 Å². The number of nitrogens with one attached hydrogen (secondary N) is 2. The quantitative estimate of drug-likeness (QED) is 0.878. The van der Waals surface area contributed by atoms with Gasteiger partial charge in [0.05, 0.1) is 6.54 Å². The van der Waals surface area contributed by atoms with Gasteiger partial charge in [0.1, 0.15) is 0 Å². The lowest BCUT2D eigenvalue weighted by Crippen LogP contribution is -2.39. The van der Waals surface area contributed by atoms with Gasteiger partial charge >= 0.3 is 0 Å². The molecule has 1 aliphatic rings. The third-order valence-corrected chi connectivity index (χ3v) is 4.01. The number of hydrogen-bond donors (Lipinski definition) is 2. The second kappa shape index (κ2) is 8.03. The van der Waals surface area contributed by atoms with Crippen LogP contribution in [0.3, 0.4) is 0 Å². The first-order valence-corrected chi connectivity index (χ1v) is 7.82. The molecular weight excluding hydrogens is 288 g/mol. The van der Waals surface area contributed by atoms with Crippen molar-refractivity contribution in [2.75, 3.05) is 6.54 Å². The molecule has 1 fully saturated rings. The molecule has 0 spiro atoms. The molecule has 5 heteroatoms. The predicted octanol–water partition coefficient (Wildman–Crippen LogP) is 2.65. The molecule has 1 saturated carbocycles. The molecule has 2 amide bonds. The minimum absolute atomic E-state index is 0.00704. The molecule has 4 nitrogen and oxygen atoms in total. The molecule has 0 bridgehead atoms. The lowest BCUT2D eigenvalue weighted by Gasteiger charge is -2.20. The van der Waals surface area contributed by atoms with Gasteiger partial charge in [0.25, 0.3) is 0 Å². The SMILES string of the molecule is O=C(CNC(=O)C1CCCCC1)NCc1cccc(Cl)c1. The van der Waals surface area contributed by atoms with Gasteiger partial charge in [-0.3, -0.25) is 9.59 Å². The molecule has 0 aliphatic heterocycles. The second-order valence-electron chi connectivity index (χ2n) is 5.46. The Labute approximate surface area is 130 Å². The van der Waals surface area contributed by atoms with Crippen LogP contribution in [-0.4, -0.2) is 18.4 Å². The van der Waals surface area contributed by atoms with E-state index in [-0.39, 0.29) is 24.3 Å². The van der Waals surface area contributed by atoms with Crippen LogP contribution < -0.4 is 10.6 Å². The van der Waals surface area contributed by atoms with E-state index in [0.717, 1.165) is 31.2 Å². The standard InChI is InChI=1S/C16H21ClN2O2/c17-14-8-4-5-12(9-14)10-18-15(20)11-19-16(21)13-6-2-1-3-7-13/h4-5,8-9,13H,1-3,6-7,10-11H2,(H,18,20)(H,19,21). The van der Waals surface area contributed by atoms with Gasteiger partial charge < -0.3 is 10.6 Å². The van der Waals surface area contributed by atoms with Crippen molar-refractivity contribution in [1.29, 1.82) is 0 Å². The van der Waals surface area contributed by atoms with Crippen molar-refractivity contribution in [2.45, 2.75) is 38.6 Å². The first kappa shape index (κ1) is 15.8. The molecule has 1 aliphatic carbocycles. The first-order chi connectivity index (χ1) is 10.1. The maximum absolute atomic E-state index is 11.9. The Kier molecular flexibility index (Phi) is 6.05. The van der Waals surface area contributed by atoms with Crippen LogP contribution in [0.2, 0.25) is 5.02 Å². The third kappa shape index (κ3) is 5.38. The topological polar surface area (TPSA) is 58.2 Å². The van der Waals surface area contributed by atoms with Crippen molar-refractivity contribution in [3.05, 3.63) is 34.9 Å². The van der Waals surface area contributed by atoms with E-state index in [1.807, 2.05) is 18.2 Å². The van der Waals surface area contributed by atoms with Gasteiger partial charge in [-0.2, -0.15) is 0 Å². The summed E-state index contributed by atoms with van der Waals surface area (Å²) in [6.45, 7) is 0.453. The minimum atomic E-state index is -0.181. The van der Waals surface area contributed by atoms with Crippen LogP contribution in [0.1, 0.15) is 37.7 Å². The second-order valence-corrected chi connectivity index (χ2v) is 5.90. The van der Waals surface area contributed by atoms with Crippen LogP contribution in [0.5, 0.6) is 0 Å². The summed E-state index contributed by atoms with van der Waals surface area (Å²) in [5.74, 6) is -0.0915. The van der Waals surface area contributed by atoms with Gasteiger partial charge in [-0.25, -0.2) is 0 Å². The normalized spacial score (nSPS) is 15.5. The van der Waals surface area contributed by atoms with Crippen LogP contribution in [-0.2, 0) is 16.1 Å². The molecule has 0 saturated heterocycles. The van der Waals surface area contributed by atoms with Crippen LogP contribution in [0.4, 0.5) is 0 Å². The summed E-state index contributed by atoms with van der Waals surface area (Å²) >= 11 is 5.88. The molecule has 0 unspecified atom stereocenters. The highest BCUT2D eigenvalue weighted by molar-refractivity contribution is 6.30. The average molecular weight is 309 g/mol. The summed E-state index contributed by atoms with van der Waals surface area (Å²) in [5.41, 5.74) is 0.939. The molecule has 1 aromatic rings. The largest absolute Gasteiger partial charge is 0.350 e. The lowest BCUT2D eigenvalue weighted by atomic mass is 9.89. The van der Waals surface area contributed by atoms with Crippen molar-refractivity contribution in [3.63, 3.8) is 0 Å². The van der Waals surface area contributed by atoms with Crippen LogP contribution in [0.25, 0.3) is 0 Å². The van der Waals surface area contributed by atoms with Gasteiger partial charge in [-0.05, 0) is 30.5 Å². The lowest BCUT2D eigenvalue weighted by molar-refractivity contribution is -0.129. The number of hydrogen-bond acceptors (Lipinski definition) is 2. The molecule has 114 valence electrons. The first-order valence-electron chi connectivity index (χ1n) is 7.44. The number of carbonyl (C=O) groups is 2. The van der Waals surface area contributed by atoms with Gasteiger partial charge in [-0.15, -0.1) is 0 Å². The van der Waals surface area contributed by atoms with E-state index in [4.69, 9.17) is 11.6 Å². The molecule has 0 aromatic heterocycles. The van der Waals surface area contributed by atoms with E-state index in [9.17, 15) is 9.59 Å². The van der Waals surface area contributed by atoms with Crippen LogP contribution in [0, 0.1) is 5.92 Å². The van der Waals surface area contributed by atoms with Crippen molar-refractivity contribution < 1.29 is 9.59 Å². The zero-order valence-electron chi connectivity index (χ0n) is 12.0. The monoisotopic (exact) mass is 308 g/mol. The third-order valence-electron chi connectivity index (χ3n) is 3.78. The number of amides is 2. The fraction of sp³-hybridized carbons (Fsp3) is 0.500. The molecule has 1 aromatic carbocycles. The highest BCUT2D eigenvalue weighted by Gasteiger charge is 2.21. The Balaban J connectivity index is 1.68. The van der Waals surface area contributed by atoms with Crippen molar-refractivity contribution in [3.8, 4) is 0 Å². The Bertz CT molecular complexity index is 499. The van der Waals surface area contributed by atoms with E-state index in [1.54, 1.807) is 6.07 Å². The van der Waals surface area contributed by atoms with E-state index >= 15 is 0 Å². The average Bonchev–Trinajstić information content (AvgIpc) is 2.51. The van der Waals surface area contributed by atoms with Gasteiger partial charge in [0.15, 0.2) is 0 Å². The highest BCUT2D eigenvalue weighted by atomic mass is 35.5. The van der Waals surface area contributed by atoms with Crippen molar-refractivity contribution in [2.24, 2.45) is 5.92 Å². The molecule has 0 atom stereocenters. The van der Waals surface area contributed by atoms with Crippen molar-refractivity contribution >= 4 is 23.4 Å². The Morgan fingerprint density at radius 3 is 2.62 bits per heavy atom. The Morgan fingerprint density at radius 2 is 1.90 bits per heavy atom. The number of rotatable bonds is 5. The van der Waals surface area contributed by atoms with E-state index in [2.05, 4.69) is 10.6 Å². The van der Waals surface area contributed by atoms with Crippen LogP contribution >= 0.6 is 11.6 Å². The van der Waals surface area contributed by atoms with E-state index < -0.39 is 0 Å². The van der Waals surface area contributed by atoms with E-state index in [1.165, 1.54) is 6.42 Å². The Hall–Kier alpha value is -1.55. The van der Waals surface area contributed by atoms with Gasteiger partial charge in [0.2, 0.25) is 11.8 Å². The van der Waals surface area contributed by atoms with Crippen LogP contribution in [0.15, 0.2) is 24.3 Å². The highest BCUT2D eigenvalue weighted by Crippen LogP contribution is 2.23. The molecular formula is C16H21ClN2O2. The summed E-state index contributed by atoms with van der Waals surface area (Å²) < 4.78 is 0. The predicted molar refractivity (Wildman–Crippen MR) is 82.9 cm³/mol. The fourth-order valence-corrected chi connectivity index (χ4v) is 2.80. The molecule has 21 heavy (non-hydrogen) atoms. The maximum atomic E-state index is 11.9. The summed E-state index contributed by atoms with van der Waals surface area (Å²) in [6.07, 6.45) is 5.31. The summed E-state index contributed by atoms with van der Waals surface area (Å²) in [4.78, 5) is 23.6. The fourth-order valence-electron chi connectivity index (χ4n) is 2.59. The molecule has 0 heterocycles. The van der Waals surface area contributed by atoms with Crippen molar-refractivity contribution in [1.82, 2.24) is 10.6 Å². The smallest absolute Gasteiger partial charge is 0.239 e. The summed E-state index contributed by atoms with van der Waals surface area (Å²) in [5, 5.41) is 6.14. The maximum Gasteiger partial charge on any atom is 0.239 e. The number of carbonyl (C=O) groups excluding carboxylic acids is 2. The summed E-state index contributed by atoms with van der Waals surface area (Å²) in [6, 6.07) is 7.33. The zero-order valence-corrected chi connectivity index (χ0v) is 12.8. The Morgan fingerprint density at radius 1 is 1.14 bits per heavy atom. The van der Waals surface area contributed by atoms with Gasteiger partial charge in [0, 0.05) is 17.5 Å². The molecule has 2 N–H and O–H groups in total. The minimum Gasteiger partial charge on any atom is -0.350 e. The molecule has 2 rings (SSSR count). The number of halogens is 1.